The first-order chi connectivity index (χ1) is 13.5. The zero-order chi connectivity index (χ0) is 19.7. The van der Waals surface area contributed by atoms with Crippen LogP contribution in [0.25, 0.3) is 0 Å². The molecule has 0 aromatic heterocycles. The molecule has 1 unspecified atom stereocenters. The Bertz CT molecular complexity index is 1040. The lowest BCUT2D eigenvalue weighted by Gasteiger charge is -2.31. The van der Waals surface area contributed by atoms with E-state index in [1.807, 2.05) is 0 Å². The topological polar surface area (TPSA) is 115 Å². The summed E-state index contributed by atoms with van der Waals surface area (Å²) in [6.07, 6.45) is -0.564. The number of rotatable bonds is 3. The fourth-order valence-electron chi connectivity index (χ4n) is 2.94. The Hall–Kier alpha value is -3.84. The van der Waals surface area contributed by atoms with Gasteiger partial charge in [0.1, 0.15) is 17.2 Å². The number of hydrazine groups is 1. The lowest BCUT2D eigenvalue weighted by Crippen LogP contribution is -2.43. The Kier molecular flexibility index (Phi) is 4.42. The summed E-state index contributed by atoms with van der Waals surface area (Å²) in [6.45, 7) is 0. The van der Waals surface area contributed by atoms with Crippen LogP contribution in [0.15, 0.2) is 82.8 Å². The van der Waals surface area contributed by atoms with Crippen molar-refractivity contribution >= 4 is 11.7 Å². The van der Waals surface area contributed by atoms with E-state index in [4.69, 9.17) is 5.84 Å². The van der Waals surface area contributed by atoms with Crippen molar-refractivity contribution in [2.24, 2.45) is 15.8 Å². The summed E-state index contributed by atoms with van der Waals surface area (Å²) in [7, 11) is 0. The summed E-state index contributed by atoms with van der Waals surface area (Å²) < 4.78 is 0. The molecule has 1 atom stereocenters. The lowest BCUT2D eigenvalue weighted by molar-refractivity contribution is 0.332. The third-order valence-electron chi connectivity index (χ3n) is 4.41. The van der Waals surface area contributed by atoms with Crippen LogP contribution >= 0.6 is 0 Å². The Labute approximate surface area is 161 Å². The van der Waals surface area contributed by atoms with Crippen LogP contribution in [0.3, 0.4) is 0 Å². The second-order valence-corrected chi connectivity index (χ2v) is 6.35. The molecule has 0 spiro atoms. The molecule has 1 aliphatic rings. The maximum atomic E-state index is 9.58. The summed E-state index contributed by atoms with van der Waals surface area (Å²) in [5.41, 5.74) is 2.23. The number of phenolic OH excluding ortho intramolecular Hbond substituents is 3. The number of hydrogen-bond donors (Lipinski definition) is 4. The van der Waals surface area contributed by atoms with E-state index in [9.17, 15) is 15.3 Å². The van der Waals surface area contributed by atoms with E-state index in [2.05, 4.69) is 9.98 Å². The number of benzene rings is 3. The molecule has 5 N–H and O–H groups in total. The van der Waals surface area contributed by atoms with Gasteiger partial charge in [-0.05, 0) is 66.2 Å². The fraction of sp³-hybridized carbons (Fsp3) is 0.0476. The average molecular weight is 374 g/mol. The molecule has 0 bridgehead atoms. The van der Waals surface area contributed by atoms with Crippen molar-refractivity contribution < 1.29 is 15.3 Å². The highest BCUT2D eigenvalue weighted by Gasteiger charge is 2.27. The molecular formula is C21H18N4O3. The zero-order valence-electron chi connectivity index (χ0n) is 14.8. The molecule has 0 saturated carbocycles. The van der Waals surface area contributed by atoms with Gasteiger partial charge in [0.2, 0.25) is 0 Å². The van der Waals surface area contributed by atoms with Gasteiger partial charge in [0.15, 0.2) is 17.8 Å². The number of amidine groups is 2. The number of nitrogens with zero attached hydrogens (tertiary/aromatic N) is 3. The molecule has 4 rings (SSSR count). The Balaban J connectivity index is 1.83. The quantitative estimate of drug-likeness (QED) is 0.526. The predicted molar refractivity (Wildman–Crippen MR) is 106 cm³/mol. The average Bonchev–Trinajstić information content (AvgIpc) is 2.70. The molecular weight excluding hydrogens is 356 g/mol. The second-order valence-electron chi connectivity index (χ2n) is 6.35. The number of aliphatic imine (C=N–C) groups is 2. The molecule has 3 aromatic carbocycles. The third-order valence-corrected chi connectivity index (χ3v) is 4.41. The van der Waals surface area contributed by atoms with E-state index >= 15 is 0 Å². The van der Waals surface area contributed by atoms with E-state index in [1.54, 1.807) is 72.8 Å². The molecule has 28 heavy (non-hydrogen) atoms. The van der Waals surface area contributed by atoms with E-state index in [0.717, 1.165) is 16.7 Å². The van der Waals surface area contributed by atoms with Gasteiger partial charge in [0.05, 0.1) is 0 Å². The van der Waals surface area contributed by atoms with Crippen molar-refractivity contribution in [3.05, 3.63) is 89.5 Å². The summed E-state index contributed by atoms with van der Waals surface area (Å²) >= 11 is 0. The Morgan fingerprint density at radius 2 is 1.14 bits per heavy atom. The van der Waals surface area contributed by atoms with Crippen molar-refractivity contribution in [2.75, 3.05) is 0 Å². The first-order valence-electron chi connectivity index (χ1n) is 8.59. The predicted octanol–water partition coefficient (Wildman–Crippen LogP) is 2.88. The van der Waals surface area contributed by atoms with Crippen LogP contribution in [0.4, 0.5) is 0 Å². The summed E-state index contributed by atoms with van der Waals surface area (Å²) in [5.74, 6) is 7.75. The van der Waals surface area contributed by atoms with Gasteiger partial charge in [0, 0.05) is 11.1 Å². The monoisotopic (exact) mass is 374 g/mol. The van der Waals surface area contributed by atoms with Crippen LogP contribution in [-0.4, -0.2) is 32.0 Å². The molecule has 3 aromatic rings. The maximum absolute atomic E-state index is 9.58. The number of aromatic hydroxyl groups is 3. The smallest absolute Gasteiger partial charge is 0.164 e. The normalized spacial score (nSPS) is 16.5. The molecule has 0 radical (unpaired) electrons. The minimum atomic E-state index is -0.564. The van der Waals surface area contributed by atoms with Crippen LogP contribution in [0.2, 0.25) is 0 Å². The van der Waals surface area contributed by atoms with Gasteiger partial charge in [-0.3, -0.25) is 5.01 Å². The first-order valence-corrected chi connectivity index (χ1v) is 8.59. The minimum Gasteiger partial charge on any atom is -0.508 e. The molecule has 7 heteroatoms. The fourth-order valence-corrected chi connectivity index (χ4v) is 2.94. The standard InChI is InChI=1S/C21H18N4O3/c22-25-20(14-3-9-17(27)10-4-14)23-19(13-1-7-16(26)8-2-13)24-21(25)15-5-11-18(28)12-6-15/h1-12,20,26-28H,22H2. The molecule has 7 nitrogen and oxygen atoms in total. The number of hydrogen-bond acceptors (Lipinski definition) is 7. The summed E-state index contributed by atoms with van der Waals surface area (Å²) in [5, 5.41) is 30.2. The molecule has 0 amide bonds. The van der Waals surface area contributed by atoms with Crippen molar-refractivity contribution in [1.82, 2.24) is 5.01 Å². The van der Waals surface area contributed by atoms with Gasteiger partial charge in [-0.1, -0.05) is 12.1 Å². The Morgan fingerprint density at radius 1 is 0.679 bits per heavy atom. The van der Waals surface area contributed by atoms with Crippen LogP contribution < -0.4 is 5.84 Å². The molecule has 0 saturated heterocycles. The second kappa shape index (κ2) is 7.05. The van der Waals surface area contributed by atoms with E-state index in [1.165, 1.54) is 5.01 Å². The maximum Gasteiger partial charge on any atom is 0.164 e. The van der Waals surface area contributed by atoms with Gasteiger partial charge in [-0.15, -0.1) is 0 Å². The highest BCUT2D eigenvalue weighted by atomic mass is 16.3. The third kappa shape index (κ3) is 3.38. The molecule has 1 heterocycles. The van der Waals surface area contributed by atoms with Gasteiger partial charge >= 0.3 is 0 Å². The Morgan fingerprint density at radius 3 is 1.68 bits per heavy atom. The van der Waals surface area contributed by atoms with Crippen LogP contribution in [0, 0.1) is 0 Å². The zero-order valence-corrected chi connectivity index (χ0v) is 14.8. The SMILES string of the molecule is NN1C(c2ccc(O)cc2)=NC(c2ccc(O)cc2)=NC1c1ccc(O)cc1. The van der Waals surface area contributed by atoms with Crippen LogP contribution in [-0.2, 0) is 0 Å². The van der Waals surface area contributed by atoms with E-state index in [0.29, 0.717) is 11.7 Å². The number of nitrogens with two attached hydrogens (primary N) is 1. The van der Waals surface area contributed by atoms with Crippen molar-refractivity contribution in [1.29, 1.82) is 0 Å². The first kappa shape index (κ1) is 17.6. The summed E-state index contributed by atoms with van der Waals surface area (Å²) in [4.78, 5) is 9.28. The van der Waals surface area contributed by atoms with E-state index < -0.39 is 6.17 Å². The van der Waals surface area contributed by atoms with Gasteiger partial charge in [-0.25, -0.2) is 15.8 Å². The molecule has 1 aliphatic heterocycles. The molecule has 0 fully saturated rings. The van der Waals surface area contributed by atoms with E-state index in [-0.39, 0.29) is 17.2 Å². The van der Waals surface area contributed by atoms with Gasteiger partial charge in [-0.2, -0.15) is 0 Å². The molecule has 140 valence electrons. The minimum absolute atomic E-state index is 0.145. The van der Waals surface area contributed by atoms with Crippen LogP contribution in [0.1, 0.15) is 22.9 Å². The summed E-state index contributed by atoms with van der Waals surface area (Å²) in [6, 6.07) is 19.8. The van der Waals surface area contributed by atoms with Crippen molar-refractivity contribution in [3.8, 4) is 17.2 Å². The van der Waals surface area contributed by atoms with Crippen LogP contribution in [0.5, 0.6) is 17.2 Å². The largest absolute Gasteiger partial charge is 0.508 e. The van der Waals surface area contributed by atoms with Gasteiger partial charge in [0.25, 0.3) is 0 Å². The van der Waals surface area contributed by atoms with Gasteiger partial charge < -0.3 is 15.3 Å². The molecule has 0 aliphatic carbocycles. The lowest BCUT2D eigenvalue weighted by atomic mass is 10.1. The highest BCUT2D eigenvalue weighted by molar-refractivity contribution is 6.12. The van der Waals surface area contributed by atoms with Crippen molar-refractivity contribution in [2.45, 2.75) is 6.17 Å². The highest BCUT2D eigenvalue weighted by Crippen LogP contribution is 2.29. The number of phenols is 3. The van der Waals surface area contributed by atoms with Crippen molar-refractivity contribution in [3.63, 3.8) is 0 Å².